The summed E-state index contributed by atoms with van der Waals surface area (Å²) in [6.45, 7) is 3.71. The smallest absolute Gasteiger partial charge is 0.336 e. The molecule has 29 heavy (non-hydrogen) atoms. The topological polar surface area (TPSA) is 83.5 Å². The van der Waals surface area contributed by atoms with Gasteiger partial charge in [-0.15, -0.1) is 0 Å². The van der Waals surface area contributed by atoms with Gasteiger partial charge in [0.2, 0.25) is 5.91 Å². The van der Waals surface area contributed by atoms with Crippen LogP contribution in [-0.2, 0) is 16.0 Å². The van der Waals surface area contributed by atoms with Crippen LogP contribution in [0.4, 0.5) is 5.69 Å². The molecular weight excluding hydrogens is 386 g/mol. The van der Waals surface area contributed by atoms with E-state index in [0.29, 0.717) is 29.8 Å². The molecule has 0 saturated heterocycles. The fourth-order valence-corrected chi connectivity index (χ4v) is 3.90. The van der Waals surface area contributed by atoms with Crippen molar-refractivity contribution < 1.29 is 19.5 Å². The van der Waals surface area contributed by atoms with E-state index in [1.807, 2.05) is 37.3 Å². The van der Waals surface area contributed by atoms with Gasteiger partial charge in [0.05, 0.1) is 11.5 Å². The van der Waals surface area contributed by atoms with Crippen molar-refractivity contribution in [2.75, 3.05) is 11.1 Å². The molecule has 2 N–H and O–H groups in total. The quantitative estimate of drug-likeness (QED) is 0.576. The number of hydrogen-bond donors (Lipinski definition) is 2. The standard InChI is InChI=1S/C23H27NO4S/c1-3-4-13-21(25)29-15-18(14-17-9-6-5-7-10-17)22(26)24-20-12-8-11-19(16(20)2)23(27)28/h5-12,18H,3-4,13-15H2,1-2H3,(H,24,26)(H,27,28). The molecule has 1 amide bonds. The van der Waals surface area contributed by atoms with Gasteiger partial charge in [-0.1, -0.05) is 61.5 Å². The summed E-state index contributed by atoms with van der Waals surface area (Å²) in [5, 5.41) is 12.3. The Kier molecular flexibility index (Phi) is 8.93. The summed E-state index contributed by atoms with van der Waals surface area (Å²) < 4.78 is 0. The molecule has 0 spiro atoms. The zero-order valence-corrected chi connectivity index (χ0v) is 17.6. The molecule has 0 aliphatic heterocycles. The number of unbranched alkanes of at least 4 members (excludes halogenated alkanes) is 1. The largest absolute Gasteiger partial charge is 0.478 e. The van der Waals surface area contributed by atoms with E-state index in [1.165, 1.54) is 17.8 Å². The van der Waals surface area contributed by atoms with Gasteiger partial charge in [0.25, 0.3) is 0 Å². The summed E-state index contributed by atoms with van der Waals surface area (Å²) >= 11 is 1.20. The molecule has 6 heteroatoms. The number of thioether (sulfide) groups is 1. The van der Waals surface area contributed by atoms with Crippen LogP contribution in [0.1, 0.15) is 47.7 Å². The highest BCUT2D eigenvalue weighted by Gasteiger charge is 2.22. The van der Waals surface area contributed by atoms with E-state index >= 15 is 0 Å². The van der Waals surface area contributed by atoms with Crippen molar-refractivity contribution in [2.45, 2.75) is 39.5 Å². The van der Waals surface area contributed by atoms with Gasteiger partial charge in [0.15, 0.2) is 5.12 Å². The lowest BCUT2D eigenvalue weighted by Gasteiger charge is -2.18. The summed E-state index contributed by atoms with van der Waals surface area (Å²) in [4.78, 5) is 36.4. The average Bonchev–Trinajstić information content (AvgIpc) is 2.71. The molecule has 0 bridgehead atoms. The summed E-state index contributed by atoms with van der Waals surface area (Å²) in [7, 11) is 0. The van der Waals surface area contributed by atoms with Crippen molar-refractivity contribution >= 4 is 34.4 Å². The maximum absolute atomic E-state index is 13.0. The molecule has 0 heterocycles. The lowest BCUT2D eigenvalue weighted by molar-refractivity contribution is -0.119. The third-order valence-corrected chi connectivity index (χ3v) is 5.79. The molecule has 1 atom stereocenters. The monoisotopic (exact) mass is 413 g/mol. The first-order valence-corrected chi connectivity index (χ1v) is 10.7. The number of rotatable bonds is 10. The van der Waals surface area contributed by atoms with Crippen LogP contribution in [0.3, 0.4) is 0 Å². The first-order chi connectivity index (χ1) is 13.9. The number of anilines is 1. The maximum Gasteiger partial charge on any atom is 0.336 e. The normalized spacial score (nSPS) is 11.7. The van der Waals surface area contributed by atoms with E-state index in [1.54, 1.807) is 19.1 Å². The molecule has 154 valence electrons. The molecule has 2 aromatic rings. The number of aromatic carboxylic acids is 1. The van der Waals surface area contributed by atoms with Crippen LogP contribution in [0.2, 0.25) is 0 Å². The van der Waals surface area contributed by atoms with Gasteiger partial charge in [0, 0.05) is 17.9 Å². The molecule has 0 aliphatic rings. The minimum absolute atomic E-state index is 0.0989. The number of amides is 1. The fraction of sp³-hybridized carbons (Fsp3) is 0.348. The molecule has 2 aromatic carbocycles. The first-order valence-electron chi connectivity index (χ1n) is 9.75. The van der Waals surface area contributed by atoms with Gasteiger partial charge in [-0.25, -0.2) is 4.79 Å². The van der Waals surface area contributed by atoms with Crippen LogP contribution in [0, 0.1) is 12.8 Å². The van der Waals surface area contributed by atoms with Gasteiger partial charge < -0.3 is 10.4 Å². The van der Waals surface area contributed by atoms with E-state index in [-0.39, 0.29) is 16.6 Å². The van der Waals surface area contributed by atoms with Gasteiger partial charge >= 0.3 is 5.97 Å². The predicted molar refractivity (Wildman–Crippen MR) is 117 cm³/mol. The van der Waals surface area contributed by atoms with Crippen molar-refractivity contribution in [3.63, 3.8) is 0 Å². The van der Waals surface area contributed by atoms with Crippen molar-refractivity contribution in [1.29, 1.82) is 0 Å². The molecule has 0 radical (unpaired) electrons. The molecule has 0 aliphatic carbocycles. The number of hydrogen-bond acceptors (Lipinski definition) is 4. The highest BCUT2D eigenvalue weighted by Crippen LogP contribution is 2.23. The molecule has 0 saturated carbocycles. The number of nitrogens with one attached hydrogen (secondary N) is 1. The van der Waals surface area contributed by atoms with Crippen LogP contribution in [0.15, 0.2) is 48.5 Å². The molecule has 0 aromatic heterocycles. The van der Waals surface area contributed by atoms with Crippen LogP contribution >= 0.6 is 11.8 Å². The Bertz CT molecular complexity index is 851. The molecule has 5 nitrogen and oxygen atoms in total. The Morgan fingerprint density at radius 3 is 2.45 bits per heavy atom. The zero-order valence-electron chi connectivity index (χ0n) is 16.8. The number of carboxylic acids is 1. The second kappa shape index (κ2) is 11.4. The SMILES string of the molecule is CCCCC(=O)SCC(Cc1ccccc1)C(=O)Nc1cccc(C(=O)O)c1C. The van der Waals surface area contributed by atoms with Crippen molar-refractivity contribution in [1.82, 2.24) is 0 Å². The maximum atomic E-state index is 13.0. The summed E-state index contributed by atoms with van der Waals surface area (Å²) in [5.41, 5.74) is 2.17. The first kappa shape index (κ1) is 22.7. The second-order valence-electron chi connectivity index (χ2n) is 6.95. The minimum Gasteiger partial charge on any atom is -0.478 e. The van der Waals surface area contributed by atoms with Crippen molar-refractivity contribution in [3.8, 4) is 0 Å². The van der Waals surface area contributed by atoms with E-state index in [2.05, 4.69) is 5.32 Å². The third kappa shape index (κ3) is 7.06. The van der Waals surface area contributed by atoms with Gasteiger partial charge in [-0.3, -0.25) is 9.59 Å². The lowest BCUT2D eigenvalue weighted by Crippen LogP contribution is -2.27. The van der Waals surface area contributed by atoms with Gasteiger partial charge in [0.1, 0.15) is 0 Å². The van der Waals surface area contributed by atoms with Crippen LogP contribution in [-0.4, -0.2) is 27.9 Å². The van der Waals surface area contributed by atoms with Crippen LogP contribution in [0.5, 0.6) is 0 Å². The minimum atomic E-state index is -1.03. The Balaban J connectivity index is 2.14. The predicted octanol–water partition coefficient (Wildman–Crippen LogP) is 4.94. The van der Waals surface area contributed by atoms with Crippen molar-refractivity contribution in [2.24, 2.45) is 5.92 Å². The van der Waals surface area contributed by atoms with Crippen LogP contribution in [0.25, 0.3) is 0 Å². The van der Waals surface area contributed by atoms with E-state index < -0.39 is 11.9 Å². The van der Waals surface area contributed by atoms with Crippen LogP contribution < -0.4 is 5.32 Å². The van der Waals surface area contributed by atoms with E-state index in [9.17, 15) is 19.5 Å². The van der Waals surface area contributed by atoms with Gasteiger partial charge in [-0.05, 0) is 43.0 Å². The Morgan fingerprint density at radius 2 is 1.79 bits per heavy atom. The summed E-state index contributed by atoms with van der Waals surface area (Å²) in [5.74, 6) is -1.26. The van der Waals surface area contributed by atoms with Gasteiger partial charge in [-0.2, -0.15) is 0 Å². The third-order valence-electron chi connectivity index (χ3n) is 4.70. The fourth-order valence-electron chi connectivity index (χ4n) is 2.95. The number of carbonyl (C=O) groups excluding carboxylic acids is 2. The number of carbonyl (C=O) groups is 3. The van der Waals surface area contributed by atoms with E-state index in [4.69, 9.17) is 0 Å². The summed E-state index contributed by atoms with van der Waals surface area (Å²) in [6, 6.07) is 14.5. The highest BCUT2D eigenvalue weighted by atomic mass is 32.2. The molecule has 1 unspecified atom stereocenters. The molecular formula is C23H27NO4S. The second-order valence-corrected chi connectivity index (χ2v) is 8.02. The Hall–Kier alpha value is -2.60. The number of carboxylic acid groups (broad SMARTS) is 1. The zero-order chi connectivity index (χ0) is 21.2. The highest BCUT2D eigenvalue weighted by molar-refractivity contribution is 8.13. The lowest BCUT2D eigenvalue weighted by atomic mass is 9.99. The Labute approximate surface area is 175 Å². The Morgan fingerprint density at radius 1 is 1.07 bits per heavy atom. The average molecular weight is 414 g/mol. The summed E-state index contributed by atoms with van der Waals surface area (Å²) in [6.07, 6.45) is 2.83. The van der Waals surface area contributed by atoms with Crippen molar-refractivity contribution in [3.05, 3.63) is 65.2 Å². The molecule has 0 fully saturated rings. The molecule has 2 rings (SSSR count). The van der Waals surface area contributed by atoms with E-state index in [0.717, 1.165) is 18.4 Å². The number of benzene rings is 2.